The van der Waals surface area contributed by atoms with Crippen molar-refractivity contribution in [3.05, 3.63) is 64.7 Å². The molecule has 0 radical (unpaired) electrons. The molecule has 0 spiro atoms. The molecular weight excluding hydrogens is 366 g/mol. The van der Waals surface area contributed by atoms with E-state index >= 15 is 0 Å². The Labute approximate surface area is 172 Å². The first-order chi connectivity index (χ1) is 13.8. The Kier molecular flexibility index (Phi) is 8.36. The van der Waals surface area contributed by atoms with Crippen LogP contribution in [0.4, 0.5) is 0 Å². The van der Waals surface area contributed by atoms with Crippen LogP contribution in [0.3, 0.4) is 0 Å². The lowest BCUT2D eigenvalue weighted by atomic mass is 9.96. The molecule has 0 saturated carbocycles. The third-order valence-electron chi connectivity index (χ3n) is 5.02. The van der Waals surface area contributed by atoms with Crippen molar-refractivity contribution in [2.45, 2.75) is 52.1 Å². The van der Waals surface area contributed by atoms with Gasteiger partial charge in [-0.25, -0.2) is 0 Å². The van der Waals surface area contributed by atoms with E-state index in [4.69, 9.17) is 5.73 Å². The van der Waals surface area contributed by atoms with E-state index in [1.54, 1.807) is 19.1 Å². The Morgan fingerprint density at radius 3 is 2.31 bits per heavy atom. The highest BCUT2D eigenvalue weighted by Crippen LogP contribution is 2.21. The van der Waals surface area contributed by atoms with Gasteiger partial charge in [0.2, 0.25) is 11.8 Å². The van der Waals surface area contributed by atoms with Crippen molar-refractivity contribution in [2.75, 3.05) is 6.54 Å². The molecule has 2 amide bonds. The van der Waals surface area contributed by atoms with E-state index in [-0.39, 0.29) is 11.7 Å². The van der Waals surface area contributed by atoms with Gasteiger partial charge >= 0.3 is 0 Å². The van der Waals surface area contributed by atoms with Crippen LogP contribution in [0.1, 0.15) is 35.6 Å². The highest BCUT2D eigenvalue weighted by atomic mass is 16.3. The fourth-order valence-corrected chi connectivity index (χ4v) is 3.28. The smallest absolute Gasteiger partial charge is 0.243 e. The summed E-state index contributed by atoms with van der Waals surface area (Å²) < 4.78 is 0. The molecule has 0 saturated heterocycles. The van der Waals surface area contributed by atoms with E-state index < -0.39 is 18.0 Å². The minimum atomic E-state index is -0.842. The number of benzene rings is 2. The van der Waals surface area contributed by atoms with Gasteiger partial charge < -0.3 is 16.2 Å². The molecule has 2 atom stereocenters. The van der Waals surface area contributed by atoms with Crippen LogP contribution in [0.5, 0.6) is 5.75 Å². The van der Waals surface area contributed by atoms with Gasteiger partial charge in [0.25, 0.3) is 0 Å². The van der Waals surface area contributed by atoms with Crippen molar-refractivity contribution >= 4 is 11.8 Å². The predicted molar refractivity (Wildman–Crippen MR) is 115 cm³/mol. The lowest BCUT2D eigenvalue weighted by Gasteiger charge is -2.18. The van der Waals surface area contributed by atoms with Crippen molar-refractivity contribution in [1.29, 1.82) is 0 Å². The number of hydrogen-bond donors (Lipinski definition) is 4. The molecule has 0 heterocycles. The highest BCUT2D eigenvalue weighted by molar-refractivity contribution is 5.99. The van der Waals surface area contributed by atoms with Crippen LogP contribution in [0.15, 0.2) is 42.5 Å². The number of phenols is 1. The number of hydrogen-bond acceptors (Lipinski definition) is 5. The molecule has 6 nitrogen and oxygen atoms in total. The van der Waals surface area contributed by atoms with Gasteiger partial charge in [0.15, 0.2) is 0 Å². The molecule has 0 aliphatic heterocycles. The molecule has 29 heavy (non-hydrogen) atoms. The van der Waals surface area contributed by atoms with E-state index in [0.717, 1.165) is 29.5 Å². The second kappa shape index (κ2) is 10.7. The van der Waals surface area contributed by atoms with Crippen molar-refractivity contribution in [1.82, 2.24) is 10.6 Å². The Hall–Kier alpha value is -2.70. The summed E-state index contributed by atoms with van der Waals surface area (Å²) in [5, 5.41) is 15.2. The standard InChI is InChI=1S/C23H31N3O3/c1-15-12-19(27)13-16(2)20(15)14-21(24)23(29)26-22(28)17(3)25-11-7-10-18-8-5-4-6-9-18/h4-6,8-9,12-13,17,21,25,27H,7,10-11,14,24H2,1-3H3,(H,26,28,29)/t17-,21+/m1/s1. The zero-order chi connectivity index (χ0) is 21.4. The lowest BCUT2D eigenvalue weighted by Crippen LogP contribution is -2.50. The largest absolute Gasteiger partial charge is 0.508 e. The maximum Gasteiger partial charge on any atom is 0.243 e. The van der Waals surface area contributed by atoms with Gasteiger partial charge in [-0.2, -0.15) is 0 Å². The maximum atomic E-state index is 12.3. The fourth-order valence-electron chi connectivity index (χ4n) is 3.28. The minimum Gasteiger partial charge on any atom is -0.508 e. The molecule has 0 aromatic heterocycles. The summed E-state index contributed by atoms with van der Waals surface area (Å²) in [5.41, 5.74) is 9.91. The summed E-state index contributed by atoms with van der Waals surface area (Å²) in [6, 6.07) is 12.1. The molecule has 2 rings (SSSR count). The molecule has 0 aliphatic carbocycles. The number of phenolic OH excluding ortho intramolecular Hbond substituents is 1. The molecule has 2 aromatic carbocycles. The topological polar surface area (TPSA) is 104 Å². The van der Waals surface area contributed by atoms with Crippen LogP contribution in [0.25, 0.3) is 0 Å². The average molecular weight is 398 g/mol. The SMILES string of the molecule is Cc1cc(O)cc(C)c1C[C@H](N)C(=O)NC(=O)[C@@H](C)NCCCc1ccccc1. The second-order valence-electron chi connectivity index (χ2n) is 7.49. The number of carbonyl (C=O) groups excluding carboxylic acids is 2. The molecule has 156 valence electrons. The Balaban J connectivity index is 1.77. The molecule has 5 N–H and O–H groups in total. The summed E-state index contributed by atoms with van der Waals surface area (Å²) in [6.45, 7) is 6.12. The molecule has 0 unspecified atom stereocenters. The van der Waals surface area contributed by atoms with Crippen LogP contribution in [0.2, 0.25) is 0 Å². The number of imide groups is 1. The highest BCUT2D eigenvalue weighted by Gasteiger charge is 2.21. The summed E-state index contributed by atoms with van der Waals surface area (Å²) in [6.07, 6.45) is 2.13. The van der Waals surface area contributed by atoms with Gasteiger partial charge in [-0.05, 0) is 81.0 Å². The van der Waals surface area contributed by atoms with Crippen LogP contribution < -0.4 is 16.4 Å². The van der Waals surface area contributed by atoms with Gasteiger partial charge in [0.1, 0.15) is 5.75 Å². The predicted octanol–water partition coefficient (Wildman–Crippen LogP) is 2.13. The summed E-state index contributed by atoms with van der Waals surface area (Å²) in [5.74, 6) is -0.701. The number of amides is 2. The maximum absolute atomic E-state index is 12.3. The van der Waals surface area contributed by atoms with Crippen LogP contribution in [-0.2, 0) is 22.4 Å². The average Bonchev–Trinajstić information content (AvgIpc) is 2.68. The van der Waals surface area contributed by atoms with Crippen molar-refractivity contribution in [3.8, 4) is 5.75 Å². The summed E-state index contributed by atoms with van der Waals surface area (Å²) in [4.78, 5) is 24.6. The lowest BCUT2D eigenvalue weighted by molar-refractivity contribution is -0.132. The summed E-state index contributed by atoms with van der Waals surface area (Å²) in [7, 11) is 0. The van der Waals surface area contributed by atoms with Gasteiger partial charge in [-0.15, -0.1) is 0 Å². The number of rotatable bonds is 9. The van der Waals surface area contributed by atoms with Crippen molar-refractivity contribution in [2.24, 2.45) is 5.73 Å². The van der Waals surface area contributed by atoms with Crippen molar-refractivity contribution in [3.63, 3.8) is 0 Å². The third-order valence-corrected chi connectivity index (χ3v) is 5.02. The molecule has 0 fully saturated rings. The van der Waals surface area contributed by atoms with Gasteiger partial charge in [-0.3, -0.25) is 14.9 Å². The normalized spacial score (nSPS) is 13.0. The van der Waals surface area contributed by atoms with Crippen LogP contribution >= 0.6 is 0 Å². The first-order valence-electron chi connectivity index (χ1n) is 9.94. The number of aryl methyl sites for hydroxylation is 3. The van der Waals surface area contributed by atoms with E-state index in [9.17, 15) is 14.7 Å². The first kappa shape index (κ1) is 22.6. The zero-order valence-electron chi connectivity index (χ0n) is 17.4. The molecule has 0 aliphatic rings. The number of nitrogens with one attached hydrogen (secondary N) is 2. The van der Waals surface area contributed by atoms with Crippen molar-refractivity contribution < 1.29 is 14.7 Å². The van der Waals surface area contributed by atoms with Crippen LogP contribution in [0, 0.1) is 13.8 Å². The van der Waals surface area contributed by atoms with Gasteiger partial charge in [0.05, 0.1) is 12.1 Å². The fraction of sp³-hybridized carbons (Fsp3) is 0.391. The number of aromatic hydroxyl groups is 1. The first-order valence-corrected chi connectivity index (χ1v) is 9.94. The van der Waals surface area contributed by atoms with Gasteiger partial charge in [0, 0.05) is 0 Å². The quantitative estimate of drug-likeness (QED) is 0.485. The monoisotopic (exact) mass is 397 g/mol. The minimum absolute atomic E-state index is 0.184. The van der Waals surface area contributed by atoms with E-state index in [1.165, 1.54) is 5.56 Å². The summed E-state index contributed by atoms with van der Waals surface area (Å²) >= 11 is 0. The Morgan fingerprint density at radius 2 is 1.69 bits per heavy atom. The van der Waals surface area contributed by atoms with E-state index in [0.29, 0.717) is 13.0 Å². The second-order valence-corrected chi connectivity index (χ2v) is 7.49. The molecule has 6 heteroatoms. The number of carbonyl (C=O) groups is 2. The molecule has 0 bridgehead atoms. The molecule has 2 aromatic rings. The molecular formula is C23H31N3O3. The third kappa shape index (κ3) is 7.00. The van der Waals surface area contributed by atoms with E-state index in [1.807, 2.05) is 32.0 Å². The van der Waals surface area contributed by atoms with Gasteiger partial charge in [-0.1, -0.05) is 30.3 Å². The van der Waals surface area contributed by atoms with E-state index in [2.05, 4.69) is 22.8 Å². The van der Waals surface area contributed by atoms with Crippen LogP contribution in [-0.4, -0.2) is 35.5 Å². The Bertz CT molecular complexity index is 814. The number of nitrogens with two attached hydrogens (primary N) is 1. The Morgan fingerprint density at radius 1 is 1.07 bits per heavy atom. The zero-order valence-corrected chi connectivity index (χ0v) is 17.4.